The number of carboxylic acid groups (broad SMARTS) is 1. The van der Waals surface area contributed by atoms with Crippen LogP contribution < -0.4 is 4.90 Å². The minimum atomic E-state index is -0.749. The van der Waals surface area contributed by atoms with Crippen LogP contribution in [0.25, 0.3) is 22.8 Å². The maximum absolute atomic E-state index is 11.2. The molecule has 36 heavy (non-hydrogen) atoms. The molecule has 1 aliphatic heterocycles. The van der Waals surface area contributed by atoms with Crippen LogP contribution in [0.2, 0.25) is 0 Å². The van der Waals surface area contributed by atoms with E-state index in [0.29, 0.717) is 24.8 Å². The number of benzene rings is 1. The van der Waals surface area contributed by atoms with Crippen molar-refractivity contribution in [3.63, 3.8) is 0 Å². The molecule has 1 saturated heterocycles. The second-order valence-corrected chi connectivity index (χ2v) is 9.27. The fraction of sp³-hybridized carbons (Fsp3) is 0.500. The van der Waals surface area contributed by atoms with Crippen LogP contribution in [0.1, 0.15) is 68.2 Å². The monoisotopic (exact) mass is 496 g/mol. The van der Waals surface area contributed by atoms with Gasteiger partial charge in [0.1, 0.15) is 5.82 Å². The first-order valence-corrected chi connectivity index (χ1v) is 12.7. The largest absolute Gasteiger partial charge is 0.481 e. The summed E-state index contributed by atoms with van der Waals surface area (Å²) in [6, 6.07) is 6.09. The van der Waals surface area contributed by atoms with E-state index < -0.39 is 5.97 Å². The minimum Gasteiger partial charge on any atom is -0.481 e. The zero-order chi connectivity index (χ0) is 26.4. The Morgan fingerprint density at radius 3 is 2.61 bits per heavy atom. The Kier molecular flexibility index (Phi) is 9.18. The summed E-state index contributed by atoms with van der Waals surface area (Å²) < 4.78 is 15.1. The Morgan fingerprint density at radius 1 is 1.22 bits per heavy atom. The number of fused-ring (bicyclic) bond motifs is 1. The van der Waals surface area contributed by atoms with Gasteiger partial charge in [0.15, 0.2) is 0 Å². The van der Waals surface area contributed by atoms with Gasteiger partial charge in [0, 0.05) is 24.8 Å². The number of nitrogens with zero attached hydrogens (tertiary/aromatic N) is 4. The van der Waals surface area contributed by atoms with E-state index in [-0.39, 0.29) is 12.3 Å². The Balaban J connectivity index is 0.000000861. The molecule has 1 aromatic carbocycles. The Labute approximate surface area is 212 Å². The Bertz CT molecular complexity index is 1190. The lowest BCUT2D eigenvalue weighted by Gasteiger charge is -2.19. The summed E-state index contributed by atoms with van der Waals surface area (Å²) in [5, 5.41) is 13.4. The Hall–Kier alpha value is -3.29. The summed E-state index contributed by atoms with van der Waals surface area (Å²) in [6.07, 6.45) is 4.95. The Morgan fingerprint density at radius 2 is 1.97 bits per heavy atom. The highest BCUT2D eigenvalue weighted by molar-refractivity contribution is 5.70. The van der Waals surface area contributed by atoms with Gasteiger partial charge >= 0.3 is 5.97 Å². The highest BCUT2D eigenvalue weighted by atomic mass is 19.1. The van der Waals surface area contributed by atoms with Crippen molar-refractivity contribution in [1.82, 2.24) is 15.1 Å². The molecule has 7 nitrogen and oxygen atoms in total. The molecule has 8 heteroatoms. The number of aliphatic carboxylic acids is 1. The van der Waals surface area contributed by atoms with E-state index in [1.54, 1.807) is 0 Å². The first-order chi connectivity index (χ1) is 17.4. The van der Waals surface area contributed by atoms with Crippen molar-refractivity contribution in [2.24, 2.45) is 5.92 Å². The molecule has 2 atom stereocenters. The number of hydrogen-bond acceptors (Lipinski definition) is 6. The van der Waals surface area contributed by atoms with Gasteiger partial charge in [0.2, 0.25) is 5.82 Å². The molecule has 194 valence electrons. The number of halogens is 1. The molecule has 1 fully saturated rings. The standard InChI is InChI=1S/C25H28N4O3.C2H6.CH3F/c1-14-8-9-29(13-14)24-15(2)10-18(12-26-24)25-27-23(28-32-25)20-6-7-21-17(11-22(30)31)4-5-19(21)16(20)3;2*1-2/h6-7,10,12,14,17H,4-5,8-9,11,13H2,1-3H3,(H,30,31);1-2H3;1H3. The molecular weight excluding hydrogens is 459 g/mol. The zero-order valence-electron chi connectivity index (χ0n) is 22.1. The number of pyridine rings is 1. The second-order valence-electron chi connectivity index (χ2n) is 9.27. The third kappa shape index (κ3) is 5.58. The average molecular weight is 497 g/mol. The predicted molar refractivity (Wildman–Crippen MR) is 140 cm³/mol. The third-order valence-corrected chi connectivity index (χ3v) is 6.93. The first-order valence-electron chi connectivity index (χ1n) is 12.7. The lowest BCUT2D eigenvalue weighted by Crippen LogP contribution is -2.21. The van der Waals surface area contributed by atoms with E-state index in [1.807, 2.05) is 32.2 Å². The SMILES string of the molecule is CC.CF.Cc1cc(-c2nc(-c3ccc4c(c3C)CCC4CC(=O)O)no2)cnc1N1CCC(C)C1. The van der Waals surface area contributed by atoms with Crippen molar-refractivity contribution in [3.05, 3.63) is 46.6 Å². The van der Waals surface area contributed by atoms with Crippen molar-refractivity contribution in [2.75, 3.05) is 25.2 Å². The minimum absolute atomic E-state index is 0.0854. The van der Waals surface area contributed by atoms with Crippen molar-refractivity contribution in [1.29, 1.82) is 0 Å². The van der Waals surface area contributed by atoms with Crippen LogP contribution in [0, 0.1) is 19.8 Å². The molecule has 2 aliphatic rings. The van der Waals surface area contributed by atoms with Gasteiger partial charge in [-0.15, -0.1) is 0 Å². The number of rotatable bonds is 5. The highest BCUT2D eigenvalue weighted by Crippen LogP contribution is 2.40. The summed E-state index contributed by atoms with van der Waals surface area (Å²) in [5.74, 6) is 2.08. The van der Waals surface area contributed by atoms with E-state index in [4.69, 9.17) is 9.51 Å². The van der Waals surface area contributed by atoms with Crippen LogP contribution in [-0.4, -0.2) is 46.5 Å². The molecule has 2 unspecified atom stereocenters. The molecule has 5 rings (SSSR count). The van der Waals surface area contributed by atoms with Crippen LogP contribution in [0.15, 0.2) is 28.9 Å². The van der Waals surface area contributed by atoms with E-state index in [2.05, 4.69) is 41.9 Å². The number of aryl methyl sites for hydroxylation is 1. The number of aromatic nitrogens is 3. The van der Waals surface area contributed by atoms with Crippen LogP contribution in [0.4, 0.5) is 10.2 Å². The molecule has 3 heterocycles. The molecule has 0 spiro atoms. The molecular formula is C28H37FN4O3. The molecule has 3 aromatic rings. The summed E-state index contributed by atoms with van der Waals surface area (Å²) in [7, 11) is 0.500. The predicted octanol–water partition coefficient (Wildman–Crippen LogP) is 6.38. The van der Waals surface area contributed by atoms with Gasteiger partial charge in [0.25, 0.3) is 5.89 Å². The van der Waals surface area contributed by atoms with Crippen LogP contribution in [0.5, 0.6) is 0 Å². The van der Waals surface area contributed by atoms with E-state index in [9.17, 15) is 14.3 Å². The van der Waals surface area contributed by atoms with Gasteiger partial charge in [0.05, 0.1) is 19.2 Å². The average Bonchev–Trinajstić information content (AvgIpc) is 3.62. The van der Waals surface area contributed by atoms with E-state index in [1.165, 1.54) is 12.0 Å². The van der Waals surface area contributed by atoms with Crippen LogP contribution in [0.3, 0.4) is 0 Å². The fourth-order valence-electron chi connectivity index (χ4n) is 5.22. The normalized spacial score (nSPS) is 18.1. The van der Waals surface area contributed by atoms with Crippen molar-refractivity contribution in [2.45, 2.75) is 66.2 Å². The van der Waals surface area contributed by atoms with E-state index >= 15 is 0 Å². The highest BCUT2D eigenvalue weighted by Gasteiger charge is 2.28. The number of alkyl halides is 1. The third-order valence-electron chi connectivity index (χ3n) is 6.93. The molecule has 0 amide bonds. The summed E-state index contributed by atoms with van der Waals surface area (Å²) in [4.78, 5) is 22.9. The summed E-state index contributed by atoms with van der Waals surface area (Å²) in [5.41, 5.74) is 6.33. The van der Waals surface area contributed by atoms with Gasteiger partial charge in [-0.25, -0.2) is 4.98 Å². The van der Waals surface area contributed by atoms with Gasteiger partial charge in [-0.3, -0.25) is 9.18 Å². The topological polar surface area (TPSA) is 92.3 Å². The van der Waals surface area contributed by atoms with Gasteiger partial charge in [-0.1, -0.05) is 38.1 Å². The van der Waals surface area contributed by atoms with E-state index in [0.717, 1.165) is 59.6 Å². The molecule has 0 radical (unpaired) electrons. The fourth-order valence-corrected chi connectivity index (χ4v) is 5.22. The van der Waals surface area contributed by atoms with Crippen molar-refractivity contribution < 1.29 is 18.8 Å². The quantitative estimate of drug-likeness (QED) is 0.438. The number of hydrogen-bond donors (Lipinski definition) is 1. The van der Waals surface area contributed by atoms with Gasteiger partial charge in [-0.2, -0.15) is 4.98 Å². The zero-order valence-corrected chi connectivity index (χ0v) is 22.1. The van der Waals surface area contributed by atoms with Crippen molar-refractivity contribution >= 4 is 11.8 Å². The summed E-state index contributed by atoms with van der Waals surface area (Å²) >= 11 is 0. The summed E-state index contributed by atoms with van der Waals surface area (Å²) in [6.45, 7) is 12.5. The lowest BCUT2D eigenvalue weighted by atomic mass is 9.93. The smallest absolute Gasteiger partial charge is 0.303 e. The molecule has 1 aliphatic carbocycles. The van der Waals surface area contributed by atoms with Gasteiger partial charge < -0.3 is 14.5 Å². The first kappa shape index (κ1) is 27.3. The van der Waals surface area contributed by atoms with Gasteiger partial charge in [-0.05, 0) is 73.3 Å². The number of carbonyl (C=O) groups is 1. The molecule has 0 saturated carbocycles. The van der Waals surface area contributed by atoms with Crippen LogP contribution >= 0.6 is 0 Å². The second kappa shape index (κ2) is 12.1. The van der Waals surface area contributed by atoms with Crippen LogP contribution in [-0.2, 0) is 11.2 Å². The maximum Gasteiger partial charge on any atom is 0.303 e. The molecule has 1 N–H and O–H groups in total. The lowest BCUT2D eigenvalue weighted by molar-refractivity contribution is -0.137. The number of carboxylic acids is 1. The molecule has 0 bridgehead atoms. The molecule has 2 aromatic heterocycles. The van der Waals surface area contributed by atoms with Crippen molar-refractivity contribution in [3.8, 4) is 22.8 Å². The maximum atomic E-state index is 11.2. The number of anilines is 1.